The molecule has 0 saturated heterocycles. The molecule has 0 aliphatic carbocycles. The van der Waals surface area contributed by atoms with Crippen molar-refractivity contribution in [2.24, 2.45) is 0 Å². The normalized spacial score (nSPS) is 10.4. The summed E-state index contributed by atoms with van der Waals surface area (Å²) in [6.07, 6.45) is 0.980. The Morgan fingerprint density at radius 2 is 2.32 bits per heavy atom. The second-order valence-electron chi connectivity index (χ2n) is 3.90. The first-order chi connectivity index (χ1) is 9.20. The number of nitrogens with zero attached hydrogens (tertiary/aromatic N) is 4. The summed E-state index contributed by atoms with van der Waals surface area (Å²) in [5.41, 5.74) is 9.60. The Kier molecular flexibility index (Phi) is 4.56. The maximum absolute atomic E-state index is 5.59. The smallest absolute Gasteiger partial charge is 0.260 e. The highest BCUT2D eigenvalue weighted by Crippen LogP contribution is 2.26. The van der Waals surface area contributed by atoms with Gasteiger partial charge in [-0.25, -0.2) is 0 Å². The van der Waals surface area contributed by atoms with Crippen LogP contribution < -0.4 is 15.9 Å². The number of ether oxygens (including phenoxy) is 1. The van der Waals surface area contributed by atoms with Crippen LogP contribution in [-0.4, -0.2) is 26.9 Å². The molecule has 7 nitrogen and oxygen atoms in total. The summed E-state index contributed by atoms with van der Waals surface area (Å²) >= 11 is 3.49. The van der Waals surface area contributed by atoms with Crippen LogP contribution >= 0.6 is 15.9 Å². The van der Waals surface area contributed by atoms with Crippen LogP contribution in [0.25, 0.3) is 0 Å². The second-order valence-corrected chi connectivity index (χ2v) is 4.75. The van der Waals surface area contributed by atoms with Gasteiger partial charge in [-0.2, -0.15) is 0 Å². The number of halogens is 1. The van der Waals surface area contributed by atoms with Crippen LogP contribution in [-0.2, 0) is 6.54 Å². The molecule has 0 atom stereocenters. The van der Waals surface area contributed by atoms with Gasteiger partial charge in [0.05, 0.1) is 17.6 Å². The van der Waals surface area contributed by atoms with Crippen LogP contribution in [0.5, 0.6) is 5.75 Å². The van der Waals surface area contributed by atoms with E-state index < -0.39 is 0 Å². The Morgan fingerprint density at radius 3 is 2.95 bits per heavy atom. The fourth-order valence-electron chi connectivity index (χ4n) is 1.46. The lowest BCUT2D eigenvalue weighted by molar-refractivity contribution is 0.315. The SMILES string of the molecule is CCCOc1ccc(CNn2nnnc2N)cc1Br. The predicted molar refractivity (Wildman–Crippen MR) is 75.2 cm³/mol. The molecule has 0 fully saturated rings. The number of hydrogen-bond acceptors (Lipinski definition) is 6. The fraction of sp³-hybridized carbons (Fsp3) is 0.364. The van der Waals surface area contributed by atoms with Crippen LogP contribution in [0.1, 0.15) is 18.9 Å². The topological polar surface area (TPSA) is 90.9 Å². The maximum Gasteiger partial charge on any atom is 0.260 e. The van der Waals surface area contributed by atoms with Gasteiger partial charge in [0.25, 0.3) is 5.95 Å². The van der Waals surface area contributed by atoms with Gasteiger partial charge in [0.1, 0.15) is 5.75 Å². The van der Waals surface area contributed by atoms with Gasteiger partial charge in [0.15, 0.2) is 0 Å². The third-order valence-electron chi connectivity index (χ3n) is 2.38. The molecule has 0 aliphatic rings. The predicted octanol–water partition coefficient (Wildman–Crippen LogP) is 1.55. The van der Waals surface area contributed by atoms with Gasteiger partial charge in [-0.15, -0.1) is 4.79 Å². The molecule has 0 unspecified atom stereocenters. The van der Waals surface area contributed by atoms with Crippen LogP contribution in [0.3, 0.4) is 0 Å². The number of tetrazole rings is 1. The molecule has 2 rings (SSSR count). The summed E-state index contributed by atoms with van der Waals surface area (Å²) in [6, 6.07) is 5.89. The Hall–Kier alpha value is -1.83. The van der Waals surface area contributed by atoms with Gasteiger partial charge in [-0.3, -0.25) is 0 Å². The van der Waals surface area contributed by atoms with E-state index in [1.807, 2.05) is 18.2 Å². The summed E-state index contributed by atoms with van der Waals surface area (Å²) in [6.45, 7) is 3.34. The standard InChI is InChI=1S/C11H15BrN6O/c1-2-5-19-10-4-3-8(6-9(10)12)7-14-18-11(13)15-16-17-18/h3-4,6,14H,2,5,7H2,1H3,(H2,13,15,17). The molecule has 0 spiro atoms. The molecule has 19 heavy (non-hydrogen) atoms. The maximum atomic E-state index is 5.59. The van der Waals surface area contributed by atoms with Crippen molar-refractivity contribution in [3.8, 4) is 5.75 Å². The zero-order valence-corrected chi connectivity index (χ0v) is 12.1. The summed E-state index contributed by atoms with van der Waals surface area (Å²) in [5, 5.41) is 10.7. The first kappa shape index (κ1) is 13.6. The van der Waals surface area contributed by atoms with E-state index in [4.69, 9.17) is 10.5 Å². The van der Waals surface area contributed by atoms with Crippen molar-refractivity contribution in [1.82, 2.24) is 20.3 Å². The number of nitrogens with two attached hydrogens (primary N) is 1. The largest absolute Gasteiger partial charge is 0.492 e. The van der Waals surface area contributed by atoms with Crippen molar-refractivity contribution in [1.29, 1.82) is 0 Å². The lowest BCUT2D eigenvalue weighted by Crippen LogP contribution is -2.18. The average molecular weight is 327 g/mol. The first-order valence-corrected chi connectivity index (χ1v) is 6.69. The zero-order valence-electron chi connectivity index (χ0n) is 10.5. The molecule has 0 radical (unpaired) electrons. The van der Waals surface area contributed by atoms with Gasteiger partial charge in [-0.05, 0) is 50.5 Å². The van der Waals surface area contributed by atoms with E-state index in [2.05, 4.69) is 43.8 Å². The number of aromatic nitrogens is 4. The van der Waals surface area contributed by atoms with E-state index in [9.17, 15) is 0 Å². The summed E-state index contributed by atoms with van der Waals surface area (Å²) < 4.78 is 6.51. The van der Waals surface area contributed by atoms with E-state index in [1.165, 1.54) is 4.79 Å². The van der Waals surface area contributed by atoms with Crippen molar-refractivity contribution in [3.05, 3.63) is 28.2 Å². The molecule has 1 heterocycles. The molecule has 0 saturated carbocycles. The Balaban J connectivity index is 1.98. The third kappa shape index (κ3) is 3.57. The number of benzene rings is 1. The summed E-state index contributed by atoms with van der Waals surface area (Å²) in [5.74, 6) is 1.06. The minimum Gasteiger partial charge on any atom is -0.492 e. The molecule has 0 bridgehead atoms. The monoisotopic (exact) mass is 326 g/mol. The number of hydrogen-bond donors (Lipinski definition) is 2. The molecule has 3 N–H and O–H groups in total. The number of nitrogen functional groups attached to an aromatic ring is 1. The molecule has 1 aromatic heterocycles. The van der Waals surface area contributed by atoms with Gasteiger partial charge < -0.3 is 15.9 Å². The molecule has 0 aliphatic heterocycles. The molecule has 0 amide bonds. The Bertz CT molecular complexity index is 544. The quantitative estimate of drug-likeness (QED) is 0.836. The van der Waals surface area contributed by atoms with E-state index in [1.54, 1.807) is 0 Å². The third-order valence-corrected chi connectivity index (χ3v) is 3.00. The van der Waals surface area contributed by atoms with Crippen LogP contribution in [0.2, 0.25) is 0 Å². The first-order valence-electron chi connectivity index (χ1n) is 5.89. The van der Waals surface area contributed by atoms with E-state index in [0.29, 0.717) is 13.2 Å². The Labute approximate surface area is 119 Å². The van der Waals surface area contributed by atoms with Crippen molar-refractivity contribution >= 4 is 21.9 Å². The number of rotatable bonds is 6. The fourth-order valence-corrected chi connectivity index (χ4v) is 2.00. The number of anilines is 1. The average Bonchev–Trinajstić information content (AvgIpc) is 2.81. The van der Waals surface area contributed by atoms with Crippen LogP contribution in [0, 0.1) is 0 Å². The second kappa shape index (κ2) is 6.37. The molecule has 102 valence electrons. The van der Waals surface area contributed by atoms with Crippen LogP contribution in [0.4, 0.5) is 5.95 Å². The highest BCUT2D eigenvalue weighted by Gasteiger charge is 2.04. The zero-order chi connectivity index (χ0) is 13.7. The van der Waals surface area contributed by atoms with Crippen LogP contribution in [0.15, 0.2) is 22.7 Å². The lowest BCUT2D eigenvalue weighted by atomic mass is 10.2. The molecule has 8 heteroatoms. The molecular formula is C11H15BrN6O. The highest BCUT2D eigenvalue weighted by atomic mass is 79.9. The van der Waals surface area contributed by atoms with Gasteiger partial charge >= 0.3 is 0 Å². The Morgan fingerprint density at radius 1 is 1.47 bits per heavy atom. The van der Waals surface area contributed by atoms with Crippen molar-refractivity contribution < 1.29 is 4.74 Å². The number of nitrogens with one attached hydrogen (secondary N) is 1. The van der Waals surface area contributed by atoms with Gasteiger partial charge in [0.2, 0.25) is 0 Å². The van der Waals surface area contributed by atoms with E-state index in [-0.39, 0.29) is 5.95 Å². The van der Waals surface area contributed by atoms with E-state index >= 15 is 0 Å². The summed E-state index contributed by atoms with van der Waals surface area (Å²) in [4.78, 5) is 1.33. The van der Waals surface area contributed by atoms with Crippen molar-refractivity contribution in [3.63, 3.8) is 0 Å². The van der Waals surface area contributed by atoms with E-state index in [0.717, 1.165) is 22.2 Å². The molecular weight excluding hydrogens is 312 g/mol. The highest BCUT2D eigenvalue weighted by molar-refractivity contribution is 9.10. The minimum absolute atomic E-state index is 0.224. The molecule has 1 aromatic carbocycles. The summed E-state index contributed by atoms with van der Waals surface area (Å²) in [7, 11) is 0. The molecule has 2 aromatic rings. The lowest BCUT2D eigenvalue weighted by Gasteiger charge is -2.10. The van der Waals surface area contributed by atoms with Gasteiger partial charge in [0, 0.05) is 0 Å². The van der Waals surface area contributed by atoms with Crippen molar-refractivity contribution in [2.45, 2.75) is 19.9 Å². The minimum atomic E-state index is 0.224. The van der Waals surface area contributed by atoms with Crippen molar-refractivity contribution in [2.75, 3.05) is 17.8 Å². The van der Waals surface area contributed by atoms with Gasteiger partial charge in [-0.1, -0.05) is 18.1 Å².